The molecule has 1 aliphatic rings. The van der Waals surface area contributed by atoms with Crippen molar-refractivity contribution >= 4 is 17.3 Å². The van der Waals surface area contributed by atoms with Crippen LogP contribution in [-0.2, 0) is 0 Å². The standard InChI is InChI=1S/C16H26N4O/c1-15(2)8-13(9-16(3,4)20-15)19-14(21)10-5-11(17)7-12(18)6-10/h5-7,13,20H,8-9,17-18H2,1-4H3,(H,19,21). The highest BCUT2D eigenvalue weighted by Crippen LogP contribution is 2.28. The number of carbonyl (C=O) groups is 1. The fourth-order valence-electron chi connectivity index (χ4n) is 3.50. The number of anilines is 2. The molecule has 5 heteroatoms. The molecule has 0 saturated carbocycles. The molecule has 5 nitrogen and oxygen atoms in total. The zero-order valence-corrected chi connectivity index (χ0v) is 13.3. The number of benzene rings is 1. The van der Waals surface area contributed by atoms with E-state index in [1.807, 2.05) is 0 Å². The molecule has 2 rings (SSSR count). The van der Waals surface area contributed by atoms with E-state index in [0.29, 0.717) is 16.9 Å². The van der Waals surface area contributed by atoms with E-state index in [4.69, 9.17) is 11.5 Å². The van der Waals surface area contributed by atoms with Crippen molar-refractivity contribution in [2.45, 2.75) is 57.7 Å². The predicted molar refractivity (Wildman–Crippen MR) is 87.0 cm³/mol. The molecule has 1 aromatic carbocycles. The Labute approximate surface area is 126 Å². The molecule has 1 amide bonds. The number of nitrogens with one attached hydrogen (secondary N) is 2. The topological polar surface area (TPSA) is 93.2 Å². The Morgan fingerprint density at radius 3 is 2.05 bits per heavy atom. The van der Waals surface area contributed by atoms with Gasteiger partial charge in [0.2, 0.25) is 0 Å². The summed E-state index contributed by atoms with van der Waals surface area (Å²) >= 11 is 0. The molecular formula is C16H26N4O. The Hall–Kier alpha value is -1.75. The molecule has 0 radical (unpaired) electrons. The lowest BCUT2D eigenvalue weighted by Crippen LogP contribution is -2.62. The van der Waals surface area contributed by atoms with E-state index in [0.717, 1.165) is 12.8 Å². The highest BCUT2D eigenvalue weighted by molar-refractivity contribution is 5.96. The number of nitrogen functional groups attached to an aromatic ring is 2. The van der Waals surface area contributed by atoms with Crippen molar-refractivity contribution < 1.29 is 4.79 Å². The molecule has 0 spiro atoms. The van der Waals surface area contributed by atoms with Crippen molar-refractivity contribution in [3.8, 4) is 0 Å². The Morgan fingerprint density at radius 1 is 1.10 bits per heavy atom. The molecular weight excluding hydrogens is 264 g/mol. The van der Waals surface area contributed by atoms with Gasteiger partial charge in [0.05, 0.1) is 0 Å². The average molecular weight is 290 g/mol. The summed E-state index contributed by atoms with van der Waals surface area (Å²) in [6.07, 6.45) is 1.78. The molecule has 1 fully saturated rings. The zero-order chi connectivity index (χ0) is 15.8. The number of nitrogens with two attached hydrogens (primary N) is 2. The maximum Gasteiger partial charge on any atom is 0.251 e. The average Bonchev–Trinajstić information content (AvgIpc) is 2.22. The van der Waals surface area contributed by atoms with E-state index >= 15 is 0 Å². The molecule has 1 saturated heterocycles. The number of hydrogen-bond donors (Lipinski definition) is 4. The third-order valence-electron chi connectivity index (χ3n) is 3.77. The minimum atomic E-state index is -0.118. The van der Waals surface area contributed by atoms with Gasteiger partial charge in [0.15, 0.2) is 0 Å². The van der Waals surface area contributed by atoms with E-state index in [-0.39, 0.29) is 23.0 Å². The predicted octanol–water partition coefficient (Wildman–Crippen LogP) is 1.89. The molecule has 21 heavy (non-hydrogen) atoms. The fraction of sp³-hybridized carbons (Fsp3) is 0.562. The second-order valence-corrected chi connectivity index (χ2v) is 7.36. The Balaban J connectivity index is 2.12. The van der Waals surface area contributed by atoms with Crippen LogP contribution < -0.4 is 22.1 Å². The number of piperidine rings is 1. The van der Waals surface area contributed by atoms with Crippen molar-refractivity contribution in [3.63, 3.8) is 0 Å². The van der Waals surface area contributed by atoms with Gasteiger partial charge in [0, 0.05) is 34.1 Å². The highest BCUT2D eigenvalue weighted by atomic mass is 16.1. The summed E-state index contributed by atoms with van der Waals surface area (Å²) < 4.78 is 0. The summed E-state index contributed by atoms with van der Waals surface area (Å²) in [7, 11) is 0. The SMILES string of the molecule is CC1(C)CC(NC(=O)c2cc(N)cc(N)c2)CC(C)(C)N1. The van der Waals surface area contributed by atoms with Crippen LogP contribution in [0.4, 0.5) is 11.4 Å². The van der Waals surface area contributed by atoms with Gasteiger partial charge >= 0.3 is 0 Å². The van der Waals surface area contributed by atoms with Crippen LogP contribution in [0.2, 0.25) is 0 Å². The monoisotopic (exact) mass is 290 g/mol. The second-order valence-electron chi connectivity index (χ2n) is 7.36. The summed E-state index contributed by atoms with van der Waals surface area (Å²) in [5, 5.41) is 6.71. The van der Waals surface area contributed by atoms with Crippen LogP contribution in [0.5, 0.6) is 0 Å². The molecule has 1 heterocycles. The first-order valence-corrected chi connectivity index (χ1v) is 7.33. The fourth-order valence-corrected chi connectivity index (χ4v) is 3.50. The molecule has 0 unspecified atom stereocenters. The van der Waals surface area contributed by atoms with Crippen LogP contribution in [0.15, 0.2) is 18.2 Å². The van der Waals surface area contributed by atoms with Crippen molar-refractivity contribution in [2.24, 2.45) is 0 Å². The molecule has 0 bridgehead atoms. The van der Waals surface area contributed by atoms with Gasteiger partial charge in [0.1, 0.15) is 0 Å². The number of carbonyl (C=O) groups excluding carboxylic acids is 1. The first kappa shape index (κ1) is 15.6. The number of rotatable bonds is 2. The van der Waals surface area contributed by atoms with Crippen LogP contribution in [0, 0.1) is 0 Å². The van der Waals surface area contributed by atoms with E-state index in [1.54, 1.807) is 18.2 Å². The second kappa shape index (κ2) is 5.22. The maximum absolute atomic E-state index is 12.4. The Kier molecular flexibility index (Phi) is 3.89. The summed E-state index contributed by atoms with van der Waals surface area (Å²) in [6, 6.07) is 5.09. The van der Waals surface area contributed by atoms with Crippen molar-refractivity contribution in [1.82, 2.24) is 10.6 Å². The lowest BCUT2D eigenvalue weighted by atomic mass is 9.79. The normalized spacial score (nSPS) is 21.0. The first-order chi connectivity index (χ1) is 9.56. The minimum absolute atomic E-state index is 0.00552. The lowest BCUT2D eigenvalue weighted by molar-refractivity contribution is 0.0873. The summed E-state index contributed by atoms with van der Waals surface area (Å²) in [5.74, 6) is -0.118. The third-order valence-corrected chi connectivity index (χ3v) is 3.77. The largest absolute Gasteiger partial charge is 0.399 e. The molecule has 1 aromatic rings. The van der Waals surface area contributed by atoms with Gasteiger partial charge in [-0.15, -0.1) is 0 Å². The van der Waals surface area contributed by atoms with Crippen LogP contribution in [-0.4, -0.2) is 23.0 Å². The third kappa shape index (κ3) is 4.11. The van der Waals surface area contributed by atoms with Crippen molar-refractivity contribution in [2.75, 3.05) is 11.5 Å². The van der Waals surface area contributed by atoms with Gasteiger partial charge in [-0.3, -0.25) is 4.79 Å². The molecule has 0 aromatic heterocycles. The minimum Gasteiger partial charge on any atom is -0.399 e. The van der Waals surface area contributed by atoms with Gasteiger partial charge in [-0.05, 0) is 58.7 Å². The van der Waals surface area contributed by atoms with Crippen molar-refractivity contribution in [3.05, 3.63) is 23.8 Å². The molecule has 0 aliphatic carbocycles. The number of hydrogen-bond acceptors (Lipinski definition) is 4. The van der Waals surface area contributed by atoms with E-state index < -0.39 is 0 Å². The summed E-state index contributed by atoms with van der Waals surface area (Å²) in [6.45, 7) is 8.63. The summed E-state index contributed by atoms with van der Waals surface area (Å²) in [5.41, 5.74) is 13.0. The quantitative estimate of drug-likeness (QED) is 0.626. The number of amides is 1. The lowest BCUT2D eigenvalue weighted by Gasteiger charge is -2.46. The zero-order valence-electron chi connectivity index (χ0n) is 13.3. The molecule has 1 aliphatic heterocycles. The van der Waals surface area contributed by atoms with Gasteiger partial charge in [-0.1, -0.05) is 0 Å². The van der Waals surface area contributed by atoms with Crippen LogP contribution in [0.3, 0.4) is 0 Å². The Morgan fingerprint density at radius 2 is 1.57 bits per heavy atom. The van der Waals surface area contributed by atoms with Gasteiger partial charge in [0.25, 0.3) is 5.91 Å². The van der Waals surface area contributed by atoms with E-state index in [1.165, 1.54) is 0 Å². The van der Waals surface area contributed by atoms with Crippen LogP contribution in [0.1, 0.15) is 50.9 Å². The van der Waals surface area contributed by atoms with Gasteiger partial charge < -0.3 is 22.1 Å². The maximum atomic E-state index is 12.4. The highest BCUT2D eigenvalue weighted by Gasteiger charge is 2.38. The molecule has 6 N–H and O–H groups in total. The molecule has 116 valence electrons. The van der Waals surface area contributed by atoms with E-state index in [9.17, 15) is 4.79 Å². The van der Waals surface area contributed by atoms with Crippen LogP contribution >= 0.6 is 0 Å². The van der Waals surface area contributed by atoms with Gasteiger partial charge in [-0.2, -0.15) is 0 Å². The Bertz CT molecular complexity index is 515. The van der Waals surface area contributed by atoms with Gasteiger partial charge in [-0.25, -0.2) is 0 Å². The first-order valence-electron chi connectivity index (χ1n) is 7.33. The summed E-state index contributed by atoms with van der Waals surface area (Å²) in [4.78, 5) is 12.4. The molecule has 0 atom stereocenters. The van der Waals surface area contributed by atoms with Crippen LogP contribution in [0.25, 0.3) is 0 Å². The van der Waals surface area contributed by atoms with Crippen molar-refractivity contribution in [1.29, 1.82) is 0 Å². The smallest absolute Gasteiger partial charge is 0.251 e. The van der Waals surface area contributed by atoms with E-state index in [2.05, 4.69) is 38.3 Å².